The summed E-state index contributed by atoms with van der Waals surface area (Å²) in [6.07, 6.45) is 2.30. The van der Waals surface area contributed by atoms with Crippen LogP contribution < -0.4 is 0 Å². The van der Waals surface area contributed by atoms with Gasteiger partial charge in [-0.1, -0.05) is 6.07 Å². The van der Waals surface area contributed by atoms with E-state index >= 15 is 0 Å². The van der Waals surface area contributed by atoms with Gasteiger partial charge in [0.15, 0.2) is 0 Å². The van der Waals surface area contributed by atoms with E-state index in [1.165, 1.54) is 11.8 Å². The van der Waals surface area contributed by atoms with Gasteiger partial charge in [0.25, 0.3) is 0 Å². The first-order chi connectivity index (χ1) is 8.08. The average Bonchev–Trinajstić information content (AvgIpc) is 2.28. The van der Waals surface area contributed by atoms with Gasteiger partial charge in [0.1, 0.15) is 5.78 Å². The van der Waals surface area contributed by atoms with Crippen molar-refractivity contribution in [1.82, 2.24) is 0 Å². The van der Waals surface area contributed by atoms with Gasteiger partial charge in [0.05, 0.1) is 12.2 Å². The molecule has 0 aromatic heterocycles. The SMILES string of the molecule is CCOC(=O)c1ccc(CC(C)=O)cc1SC. The highest BCUT2D eigenvalue weighted by Gasteiger charge is 2.12. The number of benzene rings is 1. The number of rotatable bonds is 5. The molecule has 0 aliphatic rings. The number of hydrogen-bond donors (Lipinski definition) is 0. The van der Waals surface area contributed by atoms with E-state index in [0.717, 1.165) is 10.5 Å². The Morgan fingerprint density at radius 1 is 1.35 bits per heavy atom. The summed E-state index contributed by atoms with van der Waals surface area (Å²) in [5.74, 6) is -0.202. The number of ketones is 1. The van der Waals surface area contributed by atoms with Crippen LogP contribution >= 0.6 is 11.8 Å². The normalized spacial score (nSPS) is 10.1. The molecule has 3 nitrogen and oxygen atoms in total. The Morgan fingerprint density at radius 3 is 2.59 bits per heavy atom. The molecule has 0 heterocycles. The second-order valence-electron chi connectivity index (χ2n) is 3.63. The number of ether oxygens (including phenoxy) is 1. The summed E-state index contributed by atoms with van der Waals surface area (Å²) in [6.45, 7) is 3.70. The molecule has 0 N–H and O–H groups in total. The standard InChI is InChI=1S/C13H16O3S/c1-4-16-13(15)11-6-5-10(7-9(2)14)8-12(11)17-3/h5-6,8H,4,7H2,1-3H3. The van der Waals surface area contributed by atoms with Crippen molar-refractivity contribution in [3.8, 4) is 0 Å². The van der Waals surface area contributed by atoms with Gasteiger partial charge >= 0.3 is 5.97 Å². The van der Waals surface area contributed by atoms with Gasteiger partial charge in [0.2, 0.25) is 0 Å². The highest BCUT2D eigenvalue weighted by molar-refractivity contribution is 7.98. The van der Waals surface area contributed by atoms with Gasteiger partial charge in [-0.05, 0) is 37.8 Å². The number of hydrogen-bond acceptors (Lipinski definition) is 4. The van der Waals surface area contributed by atoms with Crippen molar-refractivity contribution in [1.29, 1.82) is 0 Å². The molecule has 1 aromatic rings. The Labute approximate surface area is 106 Å². The van der Waals surface area contributed by atoms with Crippen LogP contribution in [0.5, 0.6) is 0 Å². The molecule has 1 aromatic carbocycles. The zero-order valence-electron chi connectivity index (χ0n) is 10.3. The Morgan fingerprint density at radius 2 is 2.06 bits per heavy atom. The fraction of sp³-hybridized carbons (Fsp3) is 0.385. The first-order valence-corrected chi connectivity index (χ1v) is 6.64. The number of esters is 1. The van der Waals surface area contributed by atoms with E-state index in [-0.39, 0.29) is 11.8 Å². The zero-order chi connectivity index (χ0) is 12.8. The third-order valence-corrected chi connectivity index (χ3v) is 2.99. The van der Waals surface area contributed by atoms with Crippen molar-refractivity contribution in [2.24, 2.45) is 0 Å². The topological polar surface area (TPSA) is 43.4 Å². The Bertz CT molecular complexity index is 427. The number of carbonyl (C=O) groups excluding carboxylic acids is 2. The van der Waals surface area contributed by atoms with Crippen molar-refractivity contribution in [3.05, 3.63) is 29.3 Å². The molecule has 92 valence electrons. The van der Waals surface area contributed by atoms with E-state index in [2.05, 4.69) is 0 Å². The molecule has 0 bridgehead atoms. The van der Waals surface area contributed by atoms with Crippen LogP contribution in [0.3, 0.4) is 0 Å². The maximum atomic E-state index is 11.7. The third kappa shape index (κ3) is 3.89. The summed E-state index contributed by atoms with van der Waals surface area (Å²) < 4.78 is 4.97. The van der Waals surface area contributed by atoms with Gasteiger partial charge in [0, 0.05) is 11.3 Å². The fourth-order valence-electron chi connectivity index (χ4n) is 1.51. The maximum Gasteiger partial charge on any atom is 0.339 e. The molecule has 1 rings (SSSR count). The quantitative estimate of drug-likeness (QED) is 0.597. The maximum absolute atomic E-state index is 11.7. The molecule has 0 saturated heterocycles. The van der Waals surface area contributed by atoms with Crippen molar-refractivity contribution in [2.45, 2.75) is 25.2 Å². The predicted octanol–water partition coefficient (Wildman–Crippen LogP) is 2.72. The average molecular weight is 252 g/mol. The lowest BCUT2D eigenvalue weighted by Crippen LogP contribution is -2.07. The van der Waals surface area contributed by atoms with Crippen molar-refractivity contribution in [2.75, 3.05) is 12.9 Å². The molecule has 0 amide bonds. The molecular weight excluding hydrogens is 236 g/mol. The smallest absolute Gasteiger partial charge is 0.339 e. The molecule has 0 radical (unpaired) electrons. The summed E-state index contributed by atoms with van der Waals surface area (Å²) in [6, 6.07) is 5.40. The van der Waals surface area contributed by atoms with E-state index in [1.807, 2.05) is 12.3 Å². The van der Waals surface area contributed by atoms with Crippen LogP contribution in [0.1, 0.15) is 29.8 Å². The molecular formula is C13H16O3S. The minimum atomic E-state index is -0.314. The largest absolute Gasteiger partial charge is 0.462 e. The van der Waals surface area contributed by atoms with E-state index < -0.39 is 0 Å². The summed E-state index contributed by atoms with van der Waals surface area (Å²) in [7, 11) is 0. The van der Waals surface area contributed by atoms with Gasteiger partial charge in [-0.3, -0.25) is 4.79 Å². The minimum Gasteiger partial charge on any atom is -0.462 e. The van der Waals surface area contributed by atoms with Gasteiger partial charge in [-0.25, -0.2) is 4.79 Å². The molecule has 0 saturated carbocycles. The van der Waals surface area contributed by atoms with Crippen LogP contribution in [0.25, 0.3) is 0 Å². The van der Waals surface area contributed by atoms with E-state index in [4.69, 9.17) is 4.74 Å². The van der Waals surface area contributed by atoms with Gasteiger partial charge < -0.3 is 4.74 Å². The van der Waals surface area contributed by atoms with Crippen molar-refractivity contribution >= 4 is 23.5 Å². The molecule has 4 heteroatoms. The van der Waals surface area contributed by atoms with Crippen LogP contribution in [0.15, 0.2) is 23.1 Å². The van der Waals surface area contributed by atoms with E-state index in [0.29, 0.717) is 18.6 Å². The highest BCUT2D eigenvalue weighted by atomic mass is 32.2. The van der Waals surface area contributed by atoms with Crippen molar-refractivity contribution in [3.63, 3.8) is 0 Å². The molecule has 0 unspecified atom stereocenters. The molecule has 0 atom stereocenters. The number of carbonyl (C=O) groups is 2. The first-order valence-electron chi connectivity index (χ1n) is 5.42. The molecule has 0 spiro atoms. The number of thioether (sulfide) groups is 1. The molecule has 0 fully saturated rings. The summed E-state index contributed by atoms with van der Waals surface area (Å²) in [5, 5.41) is 0. The summed E-state index contributed by atoms with van der Waals surface area (Å²) in [4.78, 5) is 23.5. The predicted molar refractivity (Wildman–Crippen MR) is 68.6 cm³/mol. The minimum absolute atomic E-state index is 0.112. The lowest BCUT2D eigenvalue weighted by Gasteiger charge is -2.08. The lowest BCUT2D eigenvalue weighted by atomic mass is 10.1. The second-order valence-corrected chi connectivity index (χ2v) is 4.48. The highest BCUT2D eigenvalue weighted by Crippen LogP contribution is 2.23. The molecule has 17 heavy (non-hydrogen) atoms. The molecule has 0 aliphatic carbocycles. The number of Topliss-reactive ketones (excluding diaryl/α,β-unsaturated/α-hetero) is 1. The Kier molecular flexibility index (Phi) is 5.22. The van der Waals surface area contributed by atoms with Crippen LogP contribution in [-0.4, -0.2) is 24.6 Å². The fourth-order valence-corrected chi connectivity index (χ4v) is 2.15. The Hall–Kier alpha value is -1.29. The molecule has 0 aliphatic heterocycles. The first kappa shape index (κ1) is 13.8. The Balaban J connectivity index is 3.00. The zero-order valence-corrected chi connectivity index (χ0v) is 11.1. The van der Waals surface area contributed by atoms with Gasteiger partial charge in [-0.15, -0.1) is 11.8 Å². The lowest BCUT2D eigenvalue weighted by molar-refractivity contribution is -0.116. The monoisotopic (exact) mass is 252 g/mol. The van der Waals surface area contributed by atoms with E-state index in [1.54, 1.807) is 26.0 Å². The third-order valence-electron chi connectivity index (χ3n) is 2.21. The summed E-state index contributed by atoms with van der Waals surface area (Å²) in [5.41, 5.74) is 1.49. The summed E-state index contributed by atoms with van der Waals surface area (Å²) >= 11 is 1.48. The van der Waals surface area contributed by atoms with Crippen LogP contribution in [0.2, 0.25) is 0 Å². The van der Waals surface area contributed by atoms with Crippen molar-refractivity contribution < 1.29 is 14.3 Å². The van der Waals surface area contributed by atoms with E-state index in [9.17, 15) is 9.59 Å². The van der Waals surface area contributed by atoms with Gasteiger partial charge in [-0.2, -0.15) is 0 Å². The van der Waals surface area contributed by atoms with Crippen LogP contribution in [0, 0.1) is 0 Å². The van der Waals surface area contributed by atoms with Crippen LogP contribution in [0.4, 0.5) is 0 Å². The second kappa shape index (κ2) is 6.45. The van der Waals surface area contributed by atoms with Crippen LogP contribution in [-0.2, 0) is 16.0 Å².